The van der Waals surface area contributed by atoms with E-state index in [9.17, 15) is 8.78 Å². The molecule has 92 valence electrons. The summed E-state index contributed by atoms with van der Waals surface area (Å²) in [6.07, 6.45) is 0.219. The van der Waals surface area contributed by atoms with E-state index in [1.54, 1.807) is 7.05 Å². The van der Waals surface area contributed by atoms with Crippen molar-refractivity contribution in [2.75, 3.05) is 0 Å². The number of halogens is 3. The van der Waals surface area contributed by atoms with Gasteiger partial charge in [-0.25, -0.2) is 13.8 Å². The van der Waals surface area contributed by atoms with Crippen LogP contribution in [0.1, 0.15) is 18.9 Å². The molecule has 0 spiro atoms. The Labute approximate surface area is 102 Å². The molecule has 7 heteroatoms. The molecule has 0 aromatic carbocycles. The second-order valence-corrected chi connectivity index (χ2v) is 3.90. The lowest BCUT2D eigenvalue weighted by atomic mass is 10.2. The van der Waals surface area contributed by atoms with Gasteiger partial charge in [0.25, 0.3) is 6.43 Å². The Balaban J connectivity index is 2.57. The summed E-state index contributed by atoms with van der Waals surface area (Å²) in [4.78, 5) is 3.86. The van der Waals surface area contributed by atoms with E-state index in [-0.39, 0.29) is 16.5 Å². The van der Waals surface area contributed by atoms with Gasteiger partial charge < -0.3 is 4.57 Å². The van der Waals surface area contributed by atoms with Gasteiger partial charge in [-0.05, 0) is 18.5 Å². The quantitative estimate of drug-likeness (QED) is 0.851. The summed E-state index contributed by atoms with van der Waals surface area (Å²) in [7, 11) is 1.66. The van der Waals surface area contributed by atoms with Crippen LogP contribution in [0.5, 0.6) is 0 Å². The van der Waals surface area contributed by atoms with E-state index in [0.29, 0.717) is 12.2 Å². The number of aryl methyl sites for hydroxylation is 1. The minimum atomic E-state index is -2.57. The van der Waals surface area contributed by atoms with E-state index >= 15 is 0 Å². The first-order chi connectivity index (χ1) is 8.04. The molecule has 0 saturated heterocycles. The molecular formula is C10H11ClF2N4. The molecule has 0 radical (unpaired) electrons. The summed E-state index contributed by atoms with van der Waals surface area (Å²) in [5.41, 5.74) is 0.604. The highest BCUT2D eigenvalue weighted by atomic mass is 35.5. The molecule has 0 bridgehead atoms. The van der Waals surface area contributed by atoms with Crippen molar-refractivity contribution in [3.8, 4) is 11.4 Å². The van der Waals surface area contributed by atoms with Crippen molar-refractivity contribution in [2.45, 2.75) is 19.9 Å². The van der Waals surface area contributed by atoms with Gasteiger partial charge in [-0.3, -0.25) is 4.68 Å². The maximum absolute atomic E-state index is 12.9. The lowest BCUT2D eigenvalue weighted by molar-refractivity contribution is 0.152. The van der Waals surface area contributed by atoms with Crippen LogP contribution >= 0.6 is 11.6 Å². The number of aromatic nitrogens is 4. The predicted octanol–water partition coefficient (Wildman–Crippen LogP) is 2.89. The predicted molar refractivity (Wildman–Crippen MR) is 60.1 cm³/mol. The molecule has 0 atom stereocenters. The van der Waals surface area contributed by atoms with Crippen LogP contribution in [0.4, 0.5) is 8.78 Å². The summed E-state index contributed by atoms with van der Waals surface area (Å²) in [6, 6.07) is 0. The lowest BCUT2D eigenvalue weighted by Crippen LogP contribution is -1.97. The van der Waals surface area contributed by atoms with Crippen molar-refractivity contribution in [3.05, 3.63) is 23.2 Å². The Hall–Kier alpha value is -1.43. The molecule has 4 nitrogen and oxygen atoms in total. The van der Waals surface area contributed by atoms with Gasteiger partial charge in [0.05, 0.1) is 17.5 Å². The molecular weight excluding hydrogens is 250 g/mol. The SMILES string of the molecule is CCn1cc(C(F)F)c(-c2cnc(Cl)n2C)n1. The van der Waals surface area contributed by atoms with Crippen LogP contribution < -0.4 is 0 Å². The van der Waals surface area contributed by atoms with Crippen molar-refractivity contribution in [3.63, 3.8) is 0 Å². The van der Waals surface area contributed by atoms with E-state index in [1.807, 2.05) is 6.92 Å². The number of rotatable bonds is 3. The van der Waals surface area contributed by atoms with Gasteiger partial charge >= 0.3 is 0 Å². The maximum atomic E-state index is 12.9. The molecule has 2 rings (SSSR count). The van der Waals surface area contributed by atoms with Crippen LogP contribution in [-0.2, 0) is 13.6 Å². The highest BCUT2D eigenvalue weighted by Gasteiger charge is 2.21. The Morgan fingerprint density at radius 1 is 1.47 bits per heavy atom. The van der Waals surface area contributed by atoms with Crippen LogP contribution in [0.3, 0.4) is 0 Å². The second-order valence-electron chi connectivity index (χ2n) is 3.56. The van der Waals surface area contributed by atoms with Gasteiger partial charge in [0, 0.05) is 19.8 Å². The third-order valence-electron chi connectivity index (χ3n) is 2.52. The molecule has 0 aliphatic heterocycles. The fourth-order valence-corrected chi connectivity index (χ4v) is 1.70. The van der Waals surface area contributed by atoms with Gasteiger partial charge in [0.1, 0.15) is 5.69 Å². The Morgan fingerprint density at radius 3 is 2.65 bits per heavy atom. The molecule has 0 aliphatic rings. The van der Waals surface area contributed by atoms with Gasteiger partial charge in [-0.2, -0.15) is 5.10 Å². The molecule has 0 aliphatic carbocycles. The average Bonchev–Trinajstić information content (AvgIpc) is 2.84. The third kappa shape index (κ3) is 2.04. The normalized spacial score (nSPS) is 11.4. The van der Waals surface area contributed by atoms with Crippen molar-refractivity contribution in [1.29, 1.82) is 0 Å². The van der Waals surface area contributed by atoms with E-state index in [2.05, 4.69) is 10.1 Å². The van der Waals surface area contributed by atoms with Crippen LogP contribution in [0.2, 0.25) is 5.28 Å². The third-order valence-corrected chi connectivity index (χ3v) is 2.87. The van der Waals surface area contributed by atoms with Gasteiger partial charge in [-0.1, -0.05) is 0 Å². The summed E-state index contributed by atoms with van der Waals surface area (Å²) >= 11 is 5.78. The van der Waals surface area contributed by atoms with E-state index in [4.69, 9.17) is 11.6 Å². The van der Waals surface area contributed by atoms with E-state index in [1.165, 1.54) is 21.6 Å². The van der Waals surface area contributed by atoms with Gasteiger partial charge in [0.15, 0.2) is 0 Å². The number of hydrogen-bond donors (Lipinski definition) is 0. The lowest BCUT2D eigenvalue weighted by Gasteiger charge is -2.02. The number of hydrogen-bond acceptors (Lipinski definition) is 2. The minimum absolute atomic E-state index is 0.105. The van der Waals surface area contributed by atoms with Gasteiger partial charge in [-0.15, -0.1) is 0 Å². The summed E-state index contributed by atoms with van der Waals surface area (Å²) < 4.78 is 28.8. The number of alkyl halides is 2. The molecule has 2 aromatic heterocycles. The molecule has 17 heavy (non-hydrogen) atoms. The zero-order valence-corrected chi connectivity index (χ0v) is 10.1. The fourth-order valence-electron chi connectivity index (χ4n) is 1.56. The second kappa shape index (κ2) is 4.44. The topological polar surface area (TPSA) is 35.6 Å². The maximum Gasteiger partial charge on any atom is 0.267 e. The summed E-state index contributed by atoms with van der Waals surface area (Å²) in [5, 5.41) is 4.35. The van der Waals surface area contributed by atoms with Crippen LogP contribution in [0, 0.1) is 0 Å². The van der Waals surface area contributed by atoms with Crippen molar-refractivity contribution in [2.24, 2.45) is 7.05 Å². The van der Waals surface area contributed by atoms with E-state index in [0.717, 1.165) is 0 Å². The first kappa shape index (κ1) is 12.0. The molecule has 0 saturated carbocycles. The fraction of sp³-hybridized carbons (Fsp3) is 0.400. The zero-order valence-electron chi connectivity index (χ0n) is 9.36. The standard InChI is InChI=1S/C10H11ClF2N4/c1-3-17-5-6(9(12)13)8(15-17)7-4-14-10(11)16(7)2/h4-5,9H,3H2,1-2H3. The Bertz CT molecular complexity index is 532. The van der Waals surface area contributed by atoms with E-state index < -0.39 is 6.43 Å². The first-order valence-electron chi connectivity index (χ1n) is 5.07. The minimum Gasteiger partial charge on any atom is -0.316 e. The average molecular weight is 261 g/mol. The van der Waals surface area contributed by atoms with Crippen molar-refractivity contribution in [1.82, 2.24) is 19.3 Å². The molecule has 0 fully saturated rings. The first-order valence-corrected chi connectivity index (χ1v) is 5.45. The molecule has 0 amide bonds. The molecule has 0 N–H and O–H groups in total. The smallest absolute Gasteiger partial charge is 0.267 e. The van der Waals surface area contributed by atoms with Crippen LogP contribution in [0.15, 0.2) is 12.4 Å². The summed E-state index contributed by atoms with van der Waals surface area (Å²) in [5.74, 6) is 0. The molecule has 0 unspecified atom stereocenters. The molecule has 2 heterocycles. The summed E-state index contributed by atoms with van der Waals surface area (Å²) in [6.45, 7) is 2.37. The zero-order chi connectivity index (χ0) is 12.6. The Kier molecular flexibility index (Phi) is 3.15. The number of nitrogens with zero attached hydrogens (tertiary/aromatic N) is 4. The highest BCUT2D eigenvalue weighted by molar-refractivity contribution is 6.28. The Morgan fingerprint density at radius 2 is 2.18 bits per heavy atom. The van der Waals surface area contributed by atoms with Crippen molar-refractivity contribution >= 4 is 11.6 Å². The number of imidazole rings is 1. The van der Waals surface area contributed by atoms with Crippen LogP contribution in [-0.4, -0.2) is 19.3 Å². The highest BCUT2D eigenvalue weighted by Crippen LogP contribution is 2.30. The van der Waals surface area contributed by atoms with Crippen molar-refractivity contribution < 1.29 is 8.78 Å². The monoisotopic (exact) mass is 260 g/mol. The largest absolute Gasteiger partial charge is 0.316 e. The molecule has 2 aromatic rings. The van der Waals surface area contributed by atoms with Gasteiger partial charge in [0.2, 0.25) is 5.28 Å². The van der Waals surface area contributed by atoms with Crippen LogP contribution in [0.25, 0.3) is 11.4 Å².